The Morgan fingerprint density at radius 3 is 2.53 bits per heavy atom. The van der Waals surface area contributed by atoms with E-state index in [0.717, 1.165) is 21.4 Å². The fraction of sp³-hybridized carbons (Fsp3) is 0.0968. The van der Waals surface area contributed by atoms with Crippen molar-refractivity contribution >= 4 is 35.1 Å². The maximum atomic E-state index is 14.6. The van der Waals surface area contributed by atoms with Crippen LogP contribution in [0.5, 0.6) is 0 Å². The van der Waals surface area contributed by atoms with E-state index in [-0.39, 0.29) is 28.5 Å². The van der Waals surface area contributed by atoms with Crippen molar-refractivity contribution in [3.63, 3.8) is 0 Å². The summed E-state index contributed by atoms with van der Waals surface area (Å²) in [6.45, 7) is 0.178. The SMILES string of the molecule is O=C(O)c1ccc(NC(=O)C2c3cccc(-c4cccnc4)c3CCN2C(=O)c2cn(-c3cccc(Cl)c3F)nn2)cc1. The van der Waals surface area contributed by atoms with Gasteiger partial charge in [-0.05, 0) is 65.6 Å². The van der Waals surface area contributed by atoms with Crippen LogP contribution in [0.1, 0.15) is 38.0 Å². The summed E-state index contributed by atoms with van der Waals surface area (Å²) in [5, 5.41) is 19.8. The summed E-state index contributed by atoms with van der Waals surface area (Å²) in [5.74, 6) is -2.89. The van der Waals surface area contributed by atoms with Gasteiger partial charge < -0.3 is 15.3 Å². The lowest BCUT2D eigenvalue weighted by Crippen LogP contribution is -2.45. The molecule has 2 aromatic heterocycles. The van der Waals surface area contributed by atoms with E-state index in [4.69, 9.17) is 11.6 Å². The average Bonchev–Trinajstić information content (AvgIpc) is 3.52. The van der Waals surface area contributed by atoms with Crippen LogP contribution in [0.3, 0.4) is 0 Å². The third-order valence-electron chi connectivity index (χ3n) is 7.19. The molecule has 2 amide bonds. The van der Waals surface area contributed by atoms with Gasteiger partial charge in [-0.25, -0.2) is 13.9 Å². The molecule has 0 bridgehead atoms. The normalized spacial score (nSPS) is 14.2. The molecule has 1 atom stereocenters. The first-order valence-corrected chi connectivity index (χ1v) is 13.5. The molecular formula is C31H22ClFN6O4. The van der Waals surface area contributed by atoms with Gasteiger partial charge in [0.25, 0.3) is 11.8 Å². The summed E-state index contributed by atoms with van der Waals surface area (Å²) in [5.41, 5.74) is 3.63. The van der Waals surface area contributed by atoms with Gasteiger partial charge >= 0.3 is 5.97 Å². The monoisotopic (exact) mass is 596 g/mol. The van der Waals surface area contributed by atoms with Gasteiger partial charge in [0.15, 0.2) is 11.5 Å². The van der Waals surface area contributed by atoms with Crippen LogP contribution in [0, 0.1) is 5.82 Å². The molecule has 1 aliphatic rings. The molecule has 1 unspecified atom stereocenters. The van der Waals surface area contributed by atoms with E-state index in [1.807, 2.05) is 24.3 Å². The number of carbonyl (C=O) groups is 3. The van der Waals surface area contributed by atoms with E-state index in [0.29, 0.717) is 17.7 Å². The Morgan fingerprint density at radius 2 is 1.79 bits per heavy atom. The van der Waals surface area contributed by atoms with Crippen molar-refractivity contribution in [2.24, 2.45) is 0 Å². The lowest BCUT2D eigenvalue weighted by Gasteiger charge is -2.37. The predicted molar refractivity (Wildman–Crippen MR) is 156 cm³/mol. The number of carboxylic acid groups (broad SMARTS) is 1. The molecule has 0 fully saturated rings. The Labute approximate surface area is 249 Å². The molecule has 0 saturated heterocycles. The van der Waals surface area contributed by atoms with Crippen molar-refractivity contribution in [1.82, 2.24) is 24.9 Å². The highest BCUT2D eigenvalue weighted by Gasteiger charge is 2.38. The molecule has 214 valence electrons. The van der Waals surface area contributed by atoms with E-state index in [1.165, 1.54) is 47.5 Å². The van der Waals surface area contributed by atoms with Gasteiger partial charge in [0, 0.05) is 30.2 Å². The summed E-state index contributed by atoms with van der Waals surface area (Å²) in [6.07, 6.45) is 5.14. The molecule has 0 aliphatic carbocycles. The van der Waals surface area contributed by atoms with Crippen molar-refractivity contribution < 1.29 is 23.9 Å². The van der Waals surface area contributed by atoms with Gasteiger partial charge in [-0.1, -0.05) is 47.1 Å². The first-order valence-electron chi connectivity index (χ1n) is 13.2. The summed E-state index contributed by atoms with van der Waals surface area (Å²) < 4.78 is 15.8. The zero-order valence-corrected chi connectivity index (χ0v) is 23.1. The number of nitrogens with zero attached hydrogens (tertiary/aromatic N) is 5. The number of rotatable bonds is 6. The average molecular weight is 597 g/mol. The number of amides is 2. The number of carboxylic acids is 1. The summed E-state index contributed by atoms with van der Waals surface area (Å²) in [7, 11) is 0. The van der Waals surface area contributed by atoms with Crippen LogP contribution >= 0.6 is 11.6 Å². The number of pyridine rings is 1. The number of aromatic nitrogens is 4. The van der Waals surface area contributed by atoms with E-state index >= 15 is 0 Å². The summed E-state index contributed by atoms with van der Waals surface area (Å²) in [6, 6.07) is 18.3. The van der Waals surface area contributed by atoms with E-state index in [9.17, 15) is 23.9 Å². The molecule has 12 heteroatoms. The second kappa shape index (κ2) is 11.5. The minimum atomic E-state index is -1.09. The molecular weight excluding hydrogens is 575 g/mol. The molecule has 3 aromatic carbocycles. The van der Waals surface area contributed by atoms with Gasteiger partial charge in [0.2, 0.25) is 0 Å². The minimum absolute atomic E-state index is 0.0169. The van der Waals surface area contributed by atoms with E-state index in [2.05, 4.69) is 20.6 Å². The fourth-order valence-corrected chi connectivity index (χ4v) is 5.34. The molecule has 0 spiro atoms. The van der Waals surface area contributed by atoms with Gasteiger partial charge in [0.05, 0.1) is 16.8 Å². The predicted octanol–water partition coefficient (Wildman–Crippen LogP) is 5.20. The Morgan fingerprint density at radius 1 is 1.00 bits per heavy atom. The van der Waals surface area contributed by atoms with Crippen molar-refractivity contribution in [2.75, 3.05) is 11.9 Å². The quantitative estimate of drug-likeness (QED) is 0.276. The topological polar surface area (TPSA) is 130 Å². The van der Waals surface area contributed by atoms with Gasteiger partial charge in [-0.2, -0.15) is 0 Å². The number of nitrogens with one attached hydrogen (secondary N) is 1. The molecule has 43 heavy (non-hydrogen) atoms. The van der Waals surface area contributed by atoms with Crippen molar-refractivity contribution in [1.29, 1.82) is 0 Å². The van der Waals surface area contributed by atoms with Crippen LogP contribution in [-0.4, -0.2) is 54.3 Å². The molecule has 10 nitrogen and oxygen atoms in total. The highest BCUT2D eigenvalue weighted by molar-refractivity contribution is 6.30. The number of carbonyl (C=O) groups excluding carboxylic acids is 2. The van der Waals surface area contributed by atoms with Crippen molar-refractivity contribution in [3.05, 3.63) is 125 Å². The Kier molecular flexibility index (Phi) is 7.39. The number of benzene rings is 3. The van der Waals surface area contributed by atoms with E-state index < -0.39 is 29.6 Å². The second-order valence-corrected chi connectivity index (χ2v) is 10.2. The summed E-state index contributed by atoms with van der Waals surface area (Å²) in [4.78, 5) is 44.7. The van der Waals surface area contributed by atoms with Crippen molar-refractivity contribution in [2.45, 2.75) is 12.5 Å². The number of anilines is 1. The molecule has 0 radical (unpaired) electrons. The standard InChI is InChI=1S/C31H22ClFN6O4/c32-24-7-2-8-26(27(24)33)39-17-25(36-37-39)30(41)38-15-13-22-21(19-4-3-14-34-16-19)5-1-6-23(22)28(38)29(40)35-20-11-9-18(10-12-20)31(42)43/h1-12,14,16-17,28H,13,15H2,(H,35,40)(H,42,43). The number of hydrogen-bond acceptors (Lipinski definition) is 6. The van der Waals surface area contributed by atoms with Crippen LogP contribution in [-0.2, 0) is 11.2 Å². The van der Waals surface area contributed by atoms with E-state index in [1.54, 1.807) is 24.5 Å². The third-order valence-corrected chi connectivity index (χ3v) is 7.48. The highest BCUT2D eigenvalue weighted by Crippen LogP contribution is 2.37. The third kappa shape index (κ3) is 5.33. The smallest absolute Gasteiger partial charge is 0.335 e. The lowest BCUT2D eigenvalue weighted by molar-refractivity contribution is -0.121. The number of hydrogen-bond donors (Lipinski definition) is 2. The minimum Gasteiger partial charge on any atom is -0.478 e. The second-order valence-electron chi connectivity index (χ2n) is 9.76. The molecule has 2 N–H and O–H groups in total. The van der Waals surface area contributed by atoms with Crippen LogP contribution < -0.4 is 5.32 Å². The molecule has 6 rings (SSSR count). The largest absolute Gasteiger partial charge is 0.478 e. The van der Waals surface area contributed by atoms with Crippen LogP contribution in [0.2, 0.25) is 5.02 Å². The first kappa shape index (κ1) is 27.7. The molecule has 3 heterocycles. The number of aromatic carboxylic acids is 1. The fourth-order valence-electron chi connectivity index (χ4n) is 5.17. The Bertz CT molecular complexity index is 1860. The number of fused-ring (bicyclic) bond motifs is 1. The van der Waals surface area contributed by atoms with Crippen molar-refractivity contribution in [3.8, 4) is 16.8 Å². The molecule has 5 aromatic rings. The Hall–Kier alpha value is -5.42. The number of halogens is 2. The van der Waals surface area contributed by atoms with Gasteiger partial charge in [-0.15, -0.1) is 5.10 Å². The summed E-state index contributed by atoms with van der Waals surface area (Å²) >= 11 is 5.92. The van der Waals surface area contributed by atoms with Crippen LogP contribution in [0.4, 0.5) is 10.1 Å². The lowest BCUT2D eigenvalue weighted by atomic mass is 9.86. The zero-order valence-electron chi connectivity index (χ0n) is 22.3. The van der Waals surface area contributed by atoms with Gasteiger partial charge in [0.1, 0.15) is 11.7 Å². The van der Waals surface area contributed by atoms with Crippen LogP contribution in [0.15, 0.2) is 91.4 Å². The Balaban J connectivity index is 1.38. The molecule has 1 aliphatic heterocycles. The van der Waals surface area contributed by atoms with Gasteiger partial charge in [-0.3, -0.25) is 14.6 Å². The maximum absolute atomic E-state index is 14.6. The maximum Gasteiger partial charge on any atom is 0.335 e. The highest BCUT2D eigenvalue weighted by atomic mass is 35.5. The molecule has 0 saturated carbocycles. The first-order chi connectivity index (χ1) is 20.8. The zero-order chi connectivity index (χ0) is 30.1. The van der Waals surface area contributed by atoms with Crippen LogP contribution in [0.25, 0.3) is 16.8 Å².